The number of rotatable bonds is 9. The molecular formula is C39H55N5O4. The highest BCUT2D eigenvalue weighted by Gasteiger charge is 2.52. The maximum Gasteiger partial charge on any atom is 0.332 e. The van der Waals surface area contributed by atoms with Crippen molar-refractivity contribution in [2.75, 3.05) is 4.90 Å². The minimum absolute atomic E-state index is 0.124. The topological polar surface area (TPSA) is 105 Å². The van der Waals surface area contributed by atoms with Crippen molar-refractivity contribution in [3.05, 3.63) is 59.2 Å². The third-order valence-electron chi connectivity index (χ3n) is 11.9. The van der Waals surface area contributed by atoms with Crippen LogP contribution >= 0.6 is 0 Å². The summed E-state index contributed by atoms with van der Waals surface area (Å²) in [5, 5.41) is 19.6. The number of aromatic nitrogens is 3. The average molecular weight is 658 g/mol. The largest absolute Gasteiger partial charge is 0.508 e. The lowest BCUT2D eigenvalue weighted by atomic mass is 9.66. The monoisotopic (exact) mass is 657 g/mol. The number of nitrogens with zero attached hydrogens (tertiary/aromatic N) is 5. The van der Waals surface area contributed by atoms with E-state index in [4.69, 9.17) is 14.8 Å². The minimum Gasteiger partial charge on any atom is -0.508 e. The van der Waals surface area contributed by atoms with Gasteiger partial charge in [0.1, 0.15) is 17.0 Å². The molecule has 1 aromatic carbocycles. The molecule has 2 aliphatic carbocycles. The van der Waals surface area contributed by atoms with Crippen molar-refractivity contribution in [3.8, 4) is 5.75 Å². The number of amides is 3. The second-order valence-corrected chi connectivity index (χ2v) is 16.4. The predicted octanol–water partition coefficient (Wildman–Crippen LogP) is 8.72. The molecule has 6 unspecified atom stereocenters. The van der Waals surface area contributed by atoms with Crippen LogP contribution in [-0.2, 0) is 17.9 Å². The Balaban J connectivity index is 1.34. The summed E-state index contributed by atoms with van der Waals surface area (Å²) in [4.78, 5) is 30.4. The zero-order valence-electron chi connectivity index (χ0n) is 30.1. The fraction of sp³-hybridized carbons (Fsp3) is 0.641. The Hall–Kier alpha value is -3.62. The molecule has 3 amide bonds. The van der Waals surface area contributed by atoms with Crippen molar-refractivity contribution in [1.29, 1.82) is 0 Å². The summed E-state index contributed by atoms with van der Waals surface area (Å²) in [6.07, 6.45) is 10.5. The van der Waals surface area contributed by atoms with E-state index < -0.39 is 11.6 Å². The number of carbonyl (C=O) groups excluding carboxylic acids is 2. The first-order valence-corrected chi connectivity index (χ1v) is 18.2. The number of anilines is 1. The molecular weight excluding hydrogens is 602 g/mol. The van der Waals surface area contributed by atoms with Gasteiger partial charge in [0.05, 0.1) is 24.1 Å². The summed E-state index contributed by atoms with van der Waals surface area (Å²) in [5.74, 6) is 4.86. The van der Waals surface area contributed by atoms with Crippen molar-refractivity contribution in [1.82, 2.24) is 19.8 Å². The lowest BCUT2D eigenvalue weighted by Crippen LogP contribution is -2.43. The van der Waals surface area contributed by atoms with E-state index in [1.54, 1.807) is 43.1 Å². The Morgan fingerprint density at radius 3 is 2.23 bits per heavy atom. The number of hydrogen-bond donors (Lipinski definition) is 1. The van der Waals surface area contributed by atoms with E-state index in [1.165, 1.54) is 30.6 Å². The Kier molecular flexibility index (Phi) is 9.53. The maximum absolute atomic E-state index is 13.8. The second kappa shape index (κ2) is 13.4. The van der Waals surface area contributed by atoms with Crippen molar-refractivity contribution < 1.29 is 19.2 Å². The molecule has 3 heterocycles. The van der Waals surface area contributed by atoms with Crippen LogP contribution in [0.15, 0.2) is 41.2 Å². The van der Waals surface area contributed by atoms with E-state index in [0.29, 0.717) is 59.6 Å². The Bertz CT molecular complexity index is 1570. The summed E-state index contributed by atoms with van der Waals surface area (Å²) in [6.45, 7) is 18.3. The summed E-state index contributed by atoms with van der Waals surface area (Å²) in [7, 11) is 0. The smallest absolute Gasteiger partial charge is 0.332 e. The number of benzene rings is 1. The van der Waals surface area contributed by atoms with E-state index in [0.717, 1.165) is 35.4 Å². The van der Waals surface area contributed by atoms with Gasteiger partial charge < -0.3 is 14.5 Å². The van der Waals surface area contributed by atoms with Gasteiger partial charge in [0, 0.05) is 30.1 Å². The molecule has 9 nitrogen and oxygen atoms in total. The highest BCUT2D eigenvalue weighted by molar-refractivity contribution is 6.22. The van der Waals surface area contributed by atoms with E-state index in [1.807, 2.05) is 16.9 Å². The van der Waals surface area contributed by atoms with Crippen molar-refractivity contribution >= 4 is 17.6 Å². The van der Waals surface area contributed by atoms with Gasteiger partial charge in [-0.05, 0) is 92.7 Å². The summed E-state index contributed by atoms with van der Waals surface area (Å²) < 4.78 is 8.32. The van der Waals surface area contributed by atoms with E-state index in [2.05, 4.69) is 41.5 Å². The van der Waals surface area contributed by atoms with Crippen molar-refractivity contribution in [3.63, 3.8) is 0 Å². The van der Waals surface area contributed by atoms with Gasteiger partial charge in [0.25, 0.3) is 5.91 Å². The van der Waals surface area contributed by atoms with Gasteiger partial charge in [-0.3, -0.25) is 9.48 Å². The molecule has 3 aliphatic rings. The number of hydrogen-bond acceptors (Lipinski definition) is 6. The molecule has 0 bridgehead atoms. The van der Waals surface area contributed by atoms with Gasteiger partial charge in [-0.25, -0.2) is 9.69 Å². The quantitative estimate of drug-likeness (QED) is 0.231. The molecule has 1 aliphatic heterocycles. The molecule has 2 saturated carbocycles. The highest BCUT2D eigenvalue weighted by Crippen LogP contribution is 2.49. The number of carbonyl (C=O) groups is 2. The molecule has 1 N–H and O–H groups in total. The summed E-state index contributed by atoms with van der Waals surface area (Å²) >= 11 is 0. The van der Waals surface area contributed by atoms with Crippen LogP contribution in [0.5, 0.6) is 5.75 Å². The third-order valence-corrected chi connectivity index (χ3v) is 11.9. The number of aromatic hydroxyl groups is 1. The molecule has 9 heteroatoms. The molecule has 0 radical (unpaired) electrons. The Labute approximate surface area is 286 Å². The zero-order valence-corrected chi connectivity index (χ0v) is 30.1. The first-order chi connectivity index (χ1) is 22.8. The molecule has 0 spiro atoms. The summed E-state index contributed by atoms with van der Waals surface area (Å²) in [6, 6.07) is 6.40. The van der Waals surface area contributed by atoms with Crippen LogP contribution in [-0.4, -0.2) is 42.4 Å². The Morgan fingerprint density at radius 1 is 0.938 bits per heavy atom. The molecule has 48 heavy (non-hydrogen) atoms. The molecule has 2 aromatic heterocycles. The highest BCUT2D eigenvalue weighted by atomic mass is 16.5. The molecule has 6 rings (SSSR count). The predicted molar refractivity (Wildman–Crippen MR) is 187 cm³/mol. The third kappa shape index (κ3) is 6.41. The zero-order chi connectivity index (χ0) is 34.5. The maximum atomic E-state index is 13.8. The number of phenolic OH excluding ortho intramolecular Hbond substituents is 1. The molecule has 1 saturated heterocycles. The van der Waals surface area contributed by atoms with Crippen LogP contribution in [0.4, 0.5) is 10.5 Å². The molecule has 6 atom stereocenters. The summed E-state index contributed by atoms with van der Waals surface area (Å²) in [5.41, 5.74) is 2.37. The van der Waals surface area contributed by atoms with Gasteiger partial charge in [-0.15, -0.1) is 0 Å². The van der Waals surface area contributed by atoms with E-state index in [9.17, 15) is 14.7 Å². The normalized spacial score (nSPS) is 27.9. The van der Waals surface area contributed by atoms with Crippen LogP contribution in [0.25, 0.3) is 0 Å². The van der Waals surface area contributed by atoms with Crippen LogP contribution in [0.1, 0.15) is 128 Å². The lowest BCUT2D eigenvalue weighted by Gasteiger charge is -2.37. The van der Waals surface area contributed by atoms with Gasteiger partial charge in [0.2, 0.25) is 0 Å². The van der Waals surface area contributed by atoms with Crippen molar-refractivity contribution in [2.45, 2.75) is 124 Å². The molecule has 260 valence electrons. The van der Waals surface area contributed by atoms with E-state index in [-0.39, 0.29) is 18.2 Å². The number of phenols is 1. The van der Waals surface area contributed by atoms with Gasteiger partial charge in [-0.2, -0.15) is 5.10 Å². The number of imide groups is 1. The molecule has 3 fully saturated rings. The number of urea groups is 1. The first-order valence-electron chi connectivity index (χ1n) is 18.2. The van der Waals surface area contributed by atoms with Gasteiger partial charge in [0.15, 0.2) is 0 Å². The van der Waals surface area contributed by atoms with Crippen LogP contribution in [0.3, 0.4) is 0 Å². The van der Waals surface area contributed by atoms with Gasteiger partial charge >= 0.3 is 6.03 Å². The fourth-order valence-electron chi connectivity index (χ4n) is 8.98. The molecule has 3 aromatic rings. The Morgan fingerprint density at radius 2 is 1.58 bits per heavy atom. The van der Waals surface area contributed by atoms with Crippen LogP contribution < -0.4 is 4.90 Å². The standard InChI is InChI=1S/C39H55N5O4/c1-23(2)30-14-12-25(5)16-32(30)35-34(36(48-41-35)33-17-26(6)13-15-31(33)24(3)4)22-42-21-28(19-40-42)44-37(46)39(7,8)43(38(44)47)20-27-10-9-11-29(45)18-27/h9-11,18-19,21,23-26,30-33,45H,12-17,20,22H2,1-8H3. The van der Waals surface area contributed by atoms with Crippen LogP contribution in [0.2, 0.25) is 0 Å². The first kappa shape index (κ1) is 34.3. The van der Waals surface area contributed by atoms with Crippen LogP contribution in [0, 0.1) is 35.5 Å². The van der Waals surface area contributed by atoms with Crippen molar-refractivity contribution in [2.24, 2.45) is 35.5 Å². The SMILES string of the molecule is CC1CCC(C(C)C)C(c2noc(C3CC(C)CCC3C(C)C)c2Cn2cc(N3C(=O)N(Cc4cccc(O)c4)C(C)(C)C3=O)cn2)C1. The fourth-order valence-corrected chi connectivity index (χ4v) is 8.98. The van der Waals surface area contributed by atoms with E-state index >= 15 is 0 Å². The minimum atomic E-state index is -1.06. The lowest BCUT2D eigenvalue weighted by molar-refractivity contribution is -0.123. The second-order valence-electron chi connectivity index (χ2n) is 16.4. The average Bonchev–Trinajstić information content (AvgIpc) is 3.70. The van der Waals surface area contributed by atoms with Gasteiger partial charge in [-0.1, -0.05) is 71.7 Å².